The van der Waals surface area contributed by atoms with Crippen LogP contribution in [0.25, 0.3) is 11.0 Å². The lowest BCUT2D eigenvalue weighted by molar-refractivity contribution is 0.0392. The van der Waals surface area contributed by atoms with Gasteiger partial charge < -0.3 is 9.64 Å². The number of morpholine rings is 1. The Labute approximate surface area is 158 Å². The first-order valence-electron chi connectivity index (χ1n) is 9.68. The minimum atomic E-state index is -0.00984. The Morgan fingerprint density at radius 1 is 1.15 bits per heavy atom. The third-order valence-corrected chi connectivity index (χ3v) is 5.65. The van der Waals surface area contributed by atoms with Crippen LogP contribution in [0.3, 0.4) is 0 Å². The second-order valence-electron chi connectivity index (χ2n) is 7.61. The van der Waals surface area contributed by atoms with Crippen LogP contribution in [0.4, 0.5) is 5.95 Å². The van der Waals surface area contributed by atoms with E-state index < -0.39 is 0 Å². The molecule has 1 saturated carbocycles. The van der Waals surface area contributed by atoms with Crippen molar-refractivity contribution in [2.75, 3.05) is 24.6 Å². The Morgan fingerprint density at radius 2 is 2.04 bits per heavy atom. The maximum atomic E-state index is 5.98. The largest absolute Gasteiger partial charge is 0.370 e. The van der Waals surface area contributed by atoms with Gasteiger partial charge in [0.15, 0.2) is 5.65 Å². The van der Waals surface area contributed by atoms with E-state index in [4.69, 9.17) is 19.7 Å². The fourth-order valence-electron chi connectivity index (χ4n) is 3.89. The molecule has 2 fully saturated rings. The number of anilines is 1. The summed E-state index contributed by atoms with van der Waals surface area (Å²) in [4.78, 5) is 16.7. The van der Waals surface area contributed by atoms with Crippen molar-refractivity contribution >= 4 is 17.0 Å². The van der Waals surface area contributed by atoms with Crippen LogP contribution in [0.15, 0.2) is 24.5 Å². The highest BCUT2D eigenvalue weighted by molar-refractivity contribution is 5.79. The molecule has 5 rings (SSSR count). The lowest BCUT2D eigenvalue weighted by Crippen LogP contribution is -2.39. The monoisotopic (exact) mass is 364 g/mol. The average molecular weight is 364 g/mol. The van der Waals surface area contributed by atoms with Crippen LogP contribution in [-0.4, -0.2) is 44.4 Å². The first-order valence-corrected chi connectivity index (χ1v) is 9.68. The Bertz CT molecular complexity index is 980. The molecule has 0 radical (unpaired) electrons. The molecule has 27 heavy (non-hydrogen) atoms. The molecule has 0 bridgehead atoms. The molecule has 4 heterocycles. The molecule has 2 aliphatic rings. The zero-order valence-electron chi connectivity index (χ0n) is 15.8. The number of nitrogens with zero attached hydrogens (tertiary/aromatic N) is 6. The van der Waals surface area contributed by atoms with Crippen LogP contribution >= 0.6 is 0 Å². The summed E-state index contributed by atoms with van der Waals surface area (Å²) in [6.07, 6.45) is 7.58. The van der Waals surface area contributed by atoms with E-state index in [0.29, 0.717) is 12.5 Å². The maximum absolute atomic E-state index is 5.98. The lowest BCUT2D eigenvalue weighted by atomic mass is 9.82. The number of hydrogen-bond donors (Lipinski definition) is 0. The molecule has 0 amide bonds. The van der Waals surface area contributed by atoms with E-state index in [1.54, 1.807) is 0 Å². The van der Waals surface area contributed by atoms with Gasteiger partial charge in [-0.1, -0.05) is 6.42 Å². The van der Waals surface area contributed by atoms with Crippen LogP contribution in [0.5, 0.6) is 0 Å². The topological polar surface area (TPSA) is 69.0 Å². The lowest BCUT2D eigenvalue weighted by Gasteiger charge is -2.33. The quantitative estimate of drug-likeness (QED) is 0.712. The highest BCUT2D eigenvalue weighted by atomic mass is 16.5. The molecular weight excluding hydrogens is 340 g/mol. The van der Waals surface area contributed by atoms with Crippen LogP contribution in [-0.2, 0) is 11.8 Å². The van der Waals surface area contributed by atoms with Crippen LogP contribution in [0, 0.1) is 6.92 Å². The van der Waals surface area contributed by atoms with E-state index in [1.165, 1.54) is 19.3 Å². The number of hydrogen-bond acceptors (Lipinski definition) is 6. The number of aromatic nitrogens is 5. The van der Waals surface area contributed by atoms with Gasteiger partial charge in [-0.3, -0.25) is 4.68 Å². The predicted octanol–water partition coefficient (Wildman–Crippen LogP) is 2.91. The SMILES string of the molecule is Cc1ccc2c(C3CCC3)nc(N3CCOC(c4cnn(C)c4)C3)nc2n1. The number of fused-ring (bicyclic) bond motifs is 1. The van der Waals surface area contributed by atoms with Crippen molar-refractivity contribution in [3.05, 3.63) is 41.5 Å². The van der Waals surface area contributed by atoms with Crippen molar-refractivity contribution in [3.63, 3.8) is 0 Å². The minimum absolute atomic E-state index is 0.00984. The van der Waals surface area contributed by atoms with Crippen molar-refractivity contribution in [2.45, 2.75) is 38.2 Å². The zero-order valence-corrected chi connectivity index (χ0v) is 15.8. The van der Waals surface area contributed by atoms with E-state index in [9.17, 15) is 0 Å². The van der Waals surface area contributed by atoms with Gasteiger partial charge >= 0.3 is 0 Å². The molecule has 0 N–H and O–H groups in total. The summed E-state index contributed by atoms with van der Waals surface area (Å²) in [6.45, 7) is 4.18. The van der Waals surface area contributed by atoms with Gasteiger partial charge in [0.2, 0.25) is 5.95 Å². The highest BCUT2D eigenvalue weighted by Gasteiger charge is 2.28. The van der Waals surface area contributed by atoms with Crippen molar-refractivity contribution < 1.29 is 4.74 Å². The maximum Gasteiger partial charge on any atom is 0.227 e. The fourth-order valence-corrected chi connectivity index (χ4v) is 3.89. The van der Waals surface area contributed by atoms with E-state index in [2.05, 4.69) is 22.1 Å². The van der Waals surface area contributed by atoms with Gasteiger partial charge in [-0.2, -0.15) is 10.1 Å². The van der Waals surface area contributed by atoms with Gasteiger partial charge in [0.25, 0.3) is 0 Å². The van der Waals surface area contributed by atoms with Gasteiger partial charge in [-0.15, -0.1) is 0 Å². The molecule has 1 atom stereocenters. The summed E-state index contributed by atoms with van der Waals surface area (Å²) in [5.74, 6) is 1.31. The standard InChI is InChI=1S/C20H24N6O/c1-13-6-7-16-18(14-4-3-5-14)23-20(24-19(16)22-13)26-8-9-27-17(12-26)15-10-21-25(2)11-15/h6-7,10-11,14,17H,3-5,8-9,12H2,1-2H3. The Hall–Kier alpha value is -2.54. The second kappa shape index (κ2) is 6.56. The molecule has 140 valence electrons. The molecule has 3 aromatic heterocycles. The zero-order chi connectivity index (χ0) is 18.4. The molecule has 1 saturated heterocycles. The summed E-state index contributed by atoms with van der Waals surface area (Å²) in [7, 11) is 1.93. The van der Waals surface area contributed by atoms with Crippen LogP contribution in [0.2, 0.25) is 0 Å². The van der Waals surface area contributed by atoms with Gasteiger partial charge in [0.1, 0.15) is 6.10 Å². The van der Waals surface area contributed by atoms with Gasteiger partial charge in [0, 0.05) is 42.4 Å². The predicted molar refractivity (Wildman–Crippen MR) is 103 cm³/mol. The molecule has 0 spiro atoms. The number of aryl methyl sites for hydroxylation is 2. The average Bonchev–Trinajstić information content (AvgIpc) is 3.06. The van der Waals surface area contributed by atoms with E-state index in [-0.39, 0.29) is 6.10 Å². The first kappa shape index (κ1) is 16.6. The number of ether oxygens (including phenoxy) is 1. The molecule has 7 heteroatoms. The van der Waals surface area contributed by atoms with Crippen LogP contribution in [0.1, 0.15) is 48.2 Å². The Kier molecular flexibility index (Phi) is 4.04. The third kappa shape index (κ3) is 3.06. The van der Waals surface area contributed by atoms with E-state index in [1.807, 2.05) is 31.0 Å². The van der Waals surface area contributed by atoms with E-state index in [0.717, 1.165) is 47.0 Å². The summed E-state index contributed by atoms with van der Waals surface area (Å²) < 4.78 is 7.79. The summed E-state index contributed by atoms with van der Waals surface area (Å²) >= 11 is 0. The molecule has 1 unspecified atom stereocenters. The van der Waals surface area contributed by atoms with Gasteiger partial charge in [-0.05, 0) is 31.9 Å². The Balaban J connectivity index is 1.51. The van der Waals surface area contributed by atoms with Gasteiger partial charge in [-0.25, -0.2) is 9.97 Å². The molecule has 1 aliphatic carbocycles. The Morgan fingerprint density at radius 3 is 2.78 bits per heavy atom. The summed E-state index contributed by atoms with van der Waals surface area (Å²) in [5.41, 5.74) is 4.06. The van der Waals surface area contributed by atoms with Crippen molar-refractivity contribution in [1.29, 1.82) is 0 Å². The van der Waals surface area contributed by atoms with Gasteiger partial charge in [0.05, 0.1) is 25.0 Å². The second-order valence-corrected chi connectivity index (χ2v) is 7.61. The molecule has 3 aromatic rings. The fraction of sp³-hybridized carbons (Fsp3) is 0.500. The smallest absolute Gasteiger partial charge is 0.227 e. The number of pyridine rings is 1. The molecule has 1 aliphatic heterocycles. The first-order chi connectivity index (χ1) is 13.2. The number of rotatable bonds is 3. The molecule has 7 nitrogen and oxygen atoms in total. The summed E-state index contributed by atoms with van der Waals surface area (Å²) in [6, 6.07) is 4.19. The van der Waals surface area contributed by atoms with Crippen molar-refractivity contribution in [3.8, 4) is 0 Å². The van der Waals surface area contributed by atoms with Crippen LogP contribution < -0.4 is 4.90 Å². The van der Waals surface area contributed by atoms with Crippen molar-refractivity contribution in [1.82, 2.24) is 24.7 Å². The van der Waals surface area contributed by atoms with E-state index >= 15 is 0 Å². The normalized spacial score (nSPS) is 20.8. The highest BCUT2D eigenvalue weighted by Crippen LogP contribution is 2.39. The third-order valence-electron chi connectivity index (χ3n) is 5.65. The van der Waals surface area contributed by atoms with Crippen molar-refractivity contribution in [2.24, 2.45) is 7.05 Å². The minimum Gasteiger partial charge on any atom is -0.370 e. The molecule has 0 aromatic carbocycles. The molecular formula is C20H24N6O. The summed E-state index contributed by atoms with van der Waals surface area (Å²) in [5, 5.41) is 5.38.